The molecule has 0 atom stereocenters. The molecule has 0 aliphatic carbocycles. The van der Waals surface area contributed by atoms with Crippen LogP contribution in [0.4, 0.5) is 18.0 Å². The van der Waals surface area contributed by atoms with Gasteiger partial charge in [0.1, 0.15) is 13.1 Å². The van der Waals surface area contributed by atoms with Gasteiger partial charge in [-0.3, -0.25) is 4.79 Å². The van der Waals surface area contributed by atoms with Gasteiger partial charge in [0.15, 0.2) is 0 Å². The van der Waals surface area contributed by atoms with Crippen molar-refractivity contribution in [3.05, 3.63) is 0 Å². The summed E-state index contributed by atoms with van der Waals surface area (Å²) in [5.74, 6) is -1.50. The van der Waals surface area contributed by atoms with Crippen LogP contribution in [0.25, 0.3) is 0 Å². The van der Waals surface area contributed by atoms with Gasteiger partial charge in [-0.05, 0) is 20.3 Å². The molecule has 8 heteroatoms. The summed E-state index contributed by atoms with van der Waals surface area (Å²) in [5, 5.41) is 10.9. The molecule has 0 aromatic heterocycles. The van der Waals surface area contributed by atoms with Gasteiger partial charge in [-0.2, -0.15) is 13.2 Å². The second-order valence-electron chi connectivity index (χ2n) is 4.53. The Labute approximate surface area is 103 Å². The molecule has 0 heterocycles. The van der Waals surface area contributed by atoms with Crippen molar-refractivity contribution in [2.45, 2.75) is 38.9 Å². The van der Waals surface area contributed by atoms with Gasteiger partial charge in [-0.1, -0.05) is 6.92 Å². The van der Waals surface area contributed by atoms with E-state index in [0.717, 1.165) is 0 Å². The molecule has 0 saturated carbocycles. The first kappa shape index (κ1) is 16.5. The van der Waals surface area contributed by atoms with E-state index in [1.807, 2.05) is 0 Å². The van der Waals surface area contributed by atoms with Crippen LogP contribution in [0, 0.1) is 0 Å². The predicted octanol–water partition coefficient (Wildman–Crippen LogP) is 1.83. The molecule has 2 amide bonds. The zero-order valence-electron chi connectivity index (χ0n) is 10.5. The number of aliphatic carboxylic acids is 1. The molecule has 18 heavy (non-hydrogen) atoms. The number of halogens is 3. The lowest BCUT2D eigenvalue weighted by atomic mass is 10.0. The molecule has 5 nitrogen and oxygen atoms in total. The van der Waals surface area contributed by atoms with E-state index >= 15 is 0 Å². The molecule has 0 rings (SSSR count). The number of carboxylic acids is 1. The van der Waals surface area contributed by atoms with Crippen LogP contribution < -0.4 is 5.32 Å². The number of rotatable bonds is 5. The Bertz CT molecular complexity index is 316. The average Bonchev–Trinajstić information content (AvgIpc) is 2.13. The molecule has 0 aliphatic rings. The molecule has 0 aliphatic heterocycles. The van der Waals surface area contributed by atoms with Gasteiger partial charge in [0, 0.05) is 5.54 Å². The summed E-state index contributed by atoms with van der Waals surface area (Å²) in [6, 6.07) is -1.04. The van der Waals surface area contributed by atoms with Crippen LogP contribution in [-0.2, 0) is 4.79 Å². The first-order valence-electron chi connectivity index (χ1n) is 5.32. The van der Waals surface area contributed by atoms with Gasteiger partial charge >= 0.3 is 18.2 Å². The second-order valence-corrected chi connectivity index (χ2v) is 4.53. The number of carbonyl (C=O) groups is 2. The fraction of sp³-hybridized carbons (Fsp3) is 0.800. The number of hydrogen-bond acceptors (Lipinski definition) is 2. The number of hydrogen-bond donors (Lipinski definition) is 2. The molecule has 0 bridgehead atoms. The Morgan fingerprint density at radius 2 is 1.78 bits per heavy atom. The zero-order chi connectivity index (χ0) is 14.6. The summed E-state index contributed by atoms with van der Waals surface area (Å²) in [7, 11) is 0. The molecule has 2 N–H and O–H groups in total. The van der Waals surface area contributed by atoms with E-state index in [2.05, 4.69) is 5.32 Å². The number of nitrogens with zero attached hydrogens (tertiary/aromatic N) is 1. The van der Waals surface area contributed by atoms with Crippen molar-refractivity contribution < 1.29 is 27.9 Å². The predicted molar refractivity (Wildman–Crippen MR) is 58.2 cm³/mol. The van der Waals surface area contributed by atoms with Crippen molar-refractivity contribution in [2.24, 2.45) is 0 Å². The highest BCUT2D eigenvalue weighted by atomic mass is 19.4. The van der Waals surface area contributed by atoms with E-state index in [0.29, 0.717) is 6.42 Å². The first-order chi connectivity index (χ1) is 7.97. The second kappa shape index (κ2) is 5.92. The van der Waals surface area contributed by atoms with Crippen molar-refractivity contribution in [1.29, 1.82) is 0 Å². The summed E-state index contributed by atoms with van der Waals surface area (Å²) >= 11 is 0. The standard InChI is InChI=1S/C10H17F3N2O3/c1-4-9(2,3)14-8(18)15(5-7(16)17)6-10(11,12)13/h4-6H2,1-3H3,(H,14,18)(H,16,17). The Morgan fingerprint density at radius 1 is 1.28 bits per heavy atom. The van der Waals surface area contributed by atoms with Crippen LogP contribution in [0.15, 0.2) is 0 Å². The van der Waals surface area contributed by atoms with E-state index in [9.17, 15) is 22.8 Å². The van der Waals surface area contributed by atoms with Crippen molar-refractivity contribution in [3.8, 4) is 0 Å². The minimum absolute atomic E-state index is 0.222. The fourth-order valence-electron chi connectivity index (χ4n) is 1.04. The van der Waals surface area contributed by atoms with Gasteiger partial charge in [0.2, 0.25) is 0 Å². The van der Waals surface area contributed by atoms with Crippen LogP contribution >= 0.6 is 0 Å². The van der Waals surface area contributed by atoms with Crippen molar-refractivity contribution in [3.63, 3.8) is 0 Å². The quantitative estimate of drug-likeness (QED) is 0.800. The fourth-order valence-corrected chi connectivity index (χ4v) is 1.04. The number of nitrogens with one attached hydrogen (secondary N) is 1. The molecule has 0 unspecified atom stereocenters. The Kier molecular flexibility index (Phi) is 5.44. The van der Waals surface area contributed by atoms with Gasteiger partial charge in [-0.25, -0.2) is 4.79 Å². The Balaban J connectivity index is 4.75. The van der Waals surface area contributed by atoms with E-state index in [-0.39, 0.29) is 4.90 Å². The van der Waals surface area contributed by atoms with E-state index in [1.54, 1.807) is 20.8 Å². The van der Waals surface area contributed by atoms with Crippen molar-refractivity contribution >= 4 is 12.0 Å². The topological polar surface area (TPSA) is 69.6 Å². The highest BCUT2D eigenvalue weighted by Crippen LogP contribution is 2.17. The molecular formula is C10H17F3N2O3. The number of carboxylic acid groups (broad SMARTS) is 1. The van der Waals surface area contributed by atoms with Crippen molar-refractivity contribution in [2.75, 3.05) is 13.1 Å². The molecule has 106 valence electrons. The number of carbonyl (C=O) groups excluding carboxylic acids is 1. The first-order valence-corrected chi connectivity index (χ1v) is 5.32. The molecule has 0 fully saturated rings. The van der Waals surface area contributed by atoms with E-state index in [4.69, 9.17) is 5.11 Å². The average molecular weight is 270 g/mol. The van der Waals surface area contributed by atoms with Crippen LogP contribution in [0.2, 0.25) is 0 Å². The lowest BCUT2D eigenvalue weighted by molar-refractivity contribution is -0.149. The highest BCUT2D eigenvalue weighted by Gasteiger charge is 2.35. The monoisotopic (exact) mass is 270 g/mol. The third-order valence-corrected chi connectivity index (χ3v) is 2.31. The smallest absolute Gasteiger partial charge is 0.406 e. The van der Waals surface area contributed by atoms with Gasteiger partial charge in [-0.15, -0.1) is 0 Å². The minimum Gasteiger partial charge on any atom is -0.480 e. The SMILES string of the molecule is CCC(C)(C)NC(=O)N(CC(=O)O)CC(F)(F)F. The normalized spacial score (nSPS) is 12.1. The maximum atomic E-state index is 12.2. The van der Waals surface area contributed by atoms with Crippen LogP contribution in [-0.4, -0.2) is 46.8 Å². The van der Waals surface area contributed by atoms with E-state index < -0.39 is 36.8 Å². The lowest BCUT2D eigenvalue weighted by Gasteiger charge is -2.29. The summed E-state index contributed by atoms with van der Waals surface area (Å²) in [4.78, 5) is 22.3. The Morgan fingerprint density at radius 3 is 2.11 bits per heavy atom. The zero-order valence-corrected chi connectivity index (χ0v) is 10.5. The summed E-state index contributed by atoms with van der Waals surface area (Å²) in [6.45, 7) is 2.44. The third kappa shape index (κ3) is 6.97. The molecule has 0 aromatic rings. The molecule has 0 saturated heterocycles. The molecule has 0 spiro atoms. The Hall–Kier alpha value is -1.47. The lowest BCUT2D eigenvalue weighted by Crippen LogP contribution is -2.53. The third-order valence-electron chi connectivity index (χ3n) is 2.31. The van der Waals surface area contributed by atoms with Crippen molar-refractivity contribution in [1.82, 2.24) is 10.2 Å². The summed E-state index contributed by atoms with van der Waals surface area (Å²) in [6.07, 6.45) is -4.13. The molecular weight excluding hydrogens is 253 g/mol. The maximum Gasteiger partial charge on any atom is 0.406 e. The maximum absolute atomic E-state index is 12.2. The molecule has 0 aromatic carbocycles. The van der Waals surface area contributed by atoms with Crippen LogP contribution in [0.5, 0.6) is 0 Å². The minimum atomic E-state index is -4.64. The highest BCUT2D eigenvalue weighted by molar-refractivity contribution is 5.80. The largest absolute Gasteiger partial charge is 0.480 e. The van der Waals surface area contributed by atoms with E-state index in [1.165, 1.54) is 0 Å². The summed E-state index contributed by atoms with van der Waals surface area (Å²) < 4.78 is 36.6. The van der Waals surface area contributed by atoms with Crippen LogP contribution in [0.1, 0.15) is 27.2 Å². The van der Waals surface area contributed by atoms with Crippen LogP contribution in [0.3, 0.4) is 0 Å². The summed E-state index contributed by atoms with van der Waals surface area (Å²) in [5.41, 5.74) is -0.695. The van der Waals surface area contributed by atoms with Gasteiger partial charge in [0.25, 0.3) is 0 Å². The molecule has 0 radical (unpaired) electrons. The number of urea groups is 1. The number of amides is 2. The van der Waals surface area contributed by atoms with Gasteiger partial charge in [0.05, 0.1) is 0 Å². The van der Waals surface area contributed by atoms with Gasteiger partial charge < -0.3 is 15.3 Å². The number of alkyl halides is 3.